The lowest BCUT2D eigenvalue weighted by atomic mass is 9.85. The summed E-state index contributed by atoms with van der Waals surface area (Å²) in [5, 5.41) is 4.09. The van der Waals surface area contributed by atoms with E-state index in [2.05, 4.69) is 5.32 Å². The molecule has 0 aromatic heterocycles. The SMILES string of the molecule is O=C1CCCC2=C1[C@H](c1ccc(Cl)cc1)N(C(=O)c1ccccc1)c1ccccc1N2. The van der Waals surface area contributed by atoms with Gasteiger partial charge >= 0.3 is 0 Å². The van der Waals surface area contributed by atoms with E-state index in [4.69, 9.17) is 11.6 Å². The zero-order valence-corrected chi connectivity index (χ0v) is 17.6. The largest absolute Gasteiger partial charge is 0.357 e. The molecule has 0 bridgehead atoms. The smallest absolute Gasteiger partial charge is 0.259 e. The number of hydrogen-bond donors (Lipinski definition) is 1. The van der Waals surface area contributed by atoms with Gasteiger partial charge in [-0.2, -0.15) is 0 Å². The van der Waals surface area contributed by atoms with Gasteiger partial charge in [0.2, 0.25) is 0 Å². The van der Waals surface area contributed by atoms with Crippen molar-refractivity contribution in [2.24, 2.45) is 0 Å². The molecule has 0 saturated carbocycles. The summed E-state index contributed by atoms with van der Waals surface area (Å²) in [6.45, 7) is 0. The molecule has 0 radical (unpaired) electrons. The highest BCUT2D eigenvalue weighted by molar-refractivity contribution is 6.30. The fourth-order valence-corrected chi connectivity index (χ4v) is 4.56. The van der Waals surface area contributed by atoms with E-state index in [1.165, 1.54) is 0 Å². The number of amides is 1. The lowest BCUT2D eigenvalue weighted by molar-refractivity contribution is -0.116. The molecule has 1 heterocycles. The van der Waals surface area contributed by atoms with Gasteiger partial charge in [-0.25, -0.2) is 0 Å². The highest BCUT2D eigenvalue weighted by Gasteiger charge is 2.39. The lowest BCUT2D eigenvalue weighted by Crippen LogP contribution is -2.38. The van der Waals surface area contributed by atoms with Gasteiger partial charge in [0.1, 0.15) is 0 Å². The van der Waals surface area contributed by atoms with Crippen molar-refractivity contribution in [1.29, 1.82) is 0 Å². The van der Waals surface area contributed by atoms with Crippen LogP contribution in [0, 0.1) is 0 Å². The second kappa shape index (κ2) is 8.05. The predicted octanol–water partition coefficient (Wildman–Crippen LogP) is 6.16. The number of carbonyl (C=O) groups excluding carboxylic acids is 2. The number of rotatable bonds is 2. The van der Waals surface area contributed by atoms with E-state index in [0.29, 0.717) is 22.6 Å². The quantitative estimate of drug-likeness (QED) is 0.531. The van der Waals surface area contributed by atoms with Crippen LogP contribution in [0.5, 0.6) is 0 Å². The Morgan fingerprint density at radius 1 is 0.903 bits per heavy atom. The van der Waals surface area contributed by atoms with Gasteiger partial charge < -0.3 is 5.32 Å². The monoisotopic (exact) mass is 428 g/mol. The normalized spacial score (nSPS) is 18.0. The van der Waals surface area contributed by atoms with Crippen molar-refractivity contribution < 1.29 is 9.59 Å². The van der Waals surface area contributed by atoms with E-state index in [1.54, 1.807) is 29.2 Å². The van der Waals surface area contributed by atoms with Crippen LogP contribution in [0.15, 0.2) is 90.1 Å². The van der Waals surface area contributed by atoms with Crippen LogP contribution in [0.3, 0.4) is 0 Å². The van der Waals surface area contributed by atoms with Gasteiger partial charge in [-0.05, 0) is 54.8 Å². The minimum Gasteiger partial charge on any atom is -0.357 e. The molecule has 0 saturated heterocycles. The summed E-state index contributed by atoms with van der Waals surface area (Å²) < 4.78 is 0. The summed E-state index contributed by atoms with van der Waals surface area (Å²) in [6.07, 6.45) is 2.05. The van der Waals surface area contributed by atoms with Gasteiger partial charge in [-0.3, -0.25) is 14.5 Å². The second-order valence-electron chi connectivity index (χ2n) is 7.81. The number of benzene rings is 3. The first-order chi connectivity index (χ1) is 15.1. The summed E-state index contributed by atoms with van der Waals surface area (Å²) in [4.78, 5) is 28.9. The predicted molar refractivity (Wildman–Crippen MR) is 123 cm³/mol. The van der Waals surface area contributed by atoms with Crippen molar-refractivity contribution in [1.82, 2.24) is 0 Å². The van der Waals surface area contributed by atoms with Gasteiger partial charge in [0.05, 0.1) is 17.4 Å². The molecule has 3 aromatic carbocycles. The molecule has 4 nitrogen and oxygen atoms in total. The molecule has 2 aliphatic rings. The Labute approximate surface area is 186 Å². The van der Waals surface area contributed by atoms with Gasteiger partial charge in [0, 0.05) is 28.3 Å². The van der Waals surface area contributed by atoms with Gasteiger partial charge in [-0.1, -0.05) is 54.1 Å². The Hall–Kier alpha value is -3.37. The number of hydrogen-bond acceptors (Lipinski definition) is 3. The lowest BCUT2D eigenvalue weighted by Gasteiger charge is -2.34. The molecule has 31 heavy (non-hydrogen) atoms. The summed E-state index contributed by atoms with van der Waals surface area (Å²) in [5.74, 6) is -0.0747. The average molecular weight is 429 g/mol. The topological polar surface area (TPSA) is 49.4 Å². The molecule has 1 amide bonds. The van der Waals surface area contributed by atoms with Gasteiger partial charge in [0.25, 0.3) is 5.91 Å². The van der Waals surface area contributed by atoms with Gasteiger partial charge in [-0.15, -0.1) is 0 Å². The first kappa shape index (κ1) is 19.6. The Morgan fingerprint density at radius 2 is 1.61 bits per heavy atom. The average Bonchev–Trinajstić information content (AvgIpc) is 2.95. The van der Waals surface area contributed by atoms with Crippen LogP contribution in [0.4, 0.5) is 11.4 Å². The molecule has 1 aliphatic heterocycles. The van der Waals surface area contributed by atoms with Crippen molar-refractivity contribution in [3.63, 3.8) is 0 Å². The number of ketones is 1. The molecule has 0 fully saturated rings. The zero-order chi connectivity index (χ0) is 21.4. The van der Waals surface area contributed by atoms with Crippen LogP contribution in [0.1, 0.15) is 41.2 Å². The summed E-state index contributed by atoms with van der Waals surface area (Å²) in [7, 11) is 0. The maximum atomic E-state index is 13.9. The maximum Gasteiger partial charge on any atom is 0.259 e. The minimum atomic E-state index is -0.538. The second-order valence-corrected chi connectivity index (χ2v) is 8.24. The molecule has 5 rings (SSSR count). The first-order valence-electron chi connectivity index (χ1n) is 10.4. The molecule has 1 N–H and O–H groups in total. The van der Waals surface area contributed by atoms with Crippen molar-refractivity contribution in [2.75, 3.05) is 10.2 Å². The van der Waals surface area contributed by atoms with E-state index in [0.717, 1.165) is 35.5 Å². The van der Waals surface area contributed by atoms with Crippen LogP contribution in [0.2, 0.25) is 5.02 Å². The van der Waals surface area contributed by atoms with Crippen LogP contribution in [-0.4, -0.2) is 11.7 Å². The molecule has 1 atom stereocenters. The molecular formula is C26H21ClN2O2. The molecular weight excluding hydrogens is 408 g/mol. The van der Waals surface area contributed by atoms with Crippen molar-refractivity contribution in [3.05, 3.63) is 106 Å². The Bertz CT molecular complexity index is 1190. The molecule has 1 aliphatic carbocycles. The molecule has 3 aromatic rings. The van der Waals surface area contributed by atoms with E-state index >= 15 is 0 Å². The third kappa shape index (κ3) is 3.53. The zero-order valence-electron chi connectivity index (χ0n) is 16.8. The Balaban J connectivity index is 1.78. The van der Waals surface area contributed by atoms with Crippen LogP contribution >= 0.6 is 11.6 Å². The Morgan fingerprint density at radius 3 is 2.39 bits per heavy atom. The fourth-order valence-electron chi connectivity index (χ4n) is 4.44. The number of fused-ring (bicyclic) bond motifs is 1. The summed E-state index contributed by atoms with van der Waals surface area (Å²) in [6, 6.07) is 23.8. The minimum absolute atomic E-state index is 0.0763. The van der Waals surface area contributed by atoms with E-state index < -0.39 is 6.04 Å². The van der Waals surface area contributed by atoms with E-state index in [9.17, 15) is 9.59 Å². The van der Waals surface area contributed by atoms with E-state index in [1.807, 2.05) is 54.6 Å². The third-order valence-electron chi connectivity index (χ3n) is 5.86. The number of allylic oxidation sites excluding steroid dienone is 1. The third-order valence-corrected chi connectivity index (χ3v) is 6.11. The first-order valence-corrected chi connectivity index (χ1v) is 10.8. The van der Waals surface area contributed by atoms with E-state index in [-0.39, 0.29) is 11.7 Å². The standard InChI is InChI=1S/C26H21ClN2O2/c27-19-15-13-17(14-16-19)25-24-21(10-6-12-23(24)30)28-20-9-4-5-11-22(20)29(25)26(31)18-7-2-1-3-8-18/h1-5,7-9,11,13-16,25,28H,6,10,12H2/t25-/m0/s1. The van der Waals surface area contributed by atoms with Crippen LogP contribution in [-0.2, 0) is 4.79 Å². The number of anilines is 2. The highest BCUT2D eigenvalue weighted by Crippen LogP contribution is 2.45. The number of halogens is 1. The number of Topliss-reactive ketones (excluding diaryl/α,β-unsaturated/α-hetero) is 1. The maximum absolute atomic E-state index is 13.9. The van der Waals surface area contributed by atoms with Crippen molar-refractivity contribution in [3.8, 4) is 0 Å². The van der Waals surface area contributed by atoms with Crippen molar-refractivity contribution in [2.45, 2.75) is 25.3 Å². The Kier molecular flexibility index (Phi) is 5.08. The molecule has 0 unspecified atom stereocenters. The van der Waals surface area contributed by atoms with Crippen molar-refractivity contribution >= 4 is 34.7 Å². The van der Waals surface area contributed by atoms with Crippen LogP contribution in [0.25, 0.3) is 0 Å². The van der Waals surface area contributed by atoms with Crippen LogP contribution < -0.4 is 10.2 Å². The fraction of sp³-hybridized carbons (Fsp3) is 0.154. The highest BCUT2D eigenvalue weighted by atomic mass is 35.5. The van der Waals surface area contributed by atoms with Gasteiger partial charge in [0.15, 0.2) is 5.78 Å². The molecule has 0 spiro atoms. The number of nitrogens with one attached hydrogen (secondary N) is 1. The molecule has 154 valence electrons. The number of para-hydroxylation sites is 2. The number of nitrogens with zero attached hydrogens (tertiary/aromatic N) is 1. The number of carbonyl (C=O) groups is 2. The molecule has 5 heteroatoms. The summed E-state index contributed by atoms with van der Waals surface area (Å²) >= 11 is 6.15. The summed E-state index contributed by atoms with van der Waals surface area (Å²) in [5.41, 5.74) is 4.56.